The molecule has 0 aliphatic heterocycles. The van der Waals surface area contributed by atoms with Crippen LogP contribution in [0.3, 0.4) is 0 Å². The Hall–Kier alpha value is -2.24. The number of aliphatic carboxylic acids is 1. The Balaban J connectivity index is 1.90. The molecule has 0 saturated carbocycles. The standard InChI is InChI=1S/C14H13F2NO3/c15-10-3-1-8(12(16)7-10)6-13(18)17-11-4-2-9(5-11)14(19)20/h1-4,7,9,11H,5-6H2,(H,17,18)(H,19,20). The van der Waals surface area contributed by atoms with E-state index in [1.807, 2.05) is 0 Å². The highest BCUT2D eigenvalue weighted by Crippen LogP contribution is 2.18. The van der Waals surface area contributed by atoms with E-state index < -0.39 is 29.4 Å². The van der Waals surface area contributed by atoms with Crippen LogP contribution >= 0.6 is 0 Å². The Morgan fingerprint density at radius 1 is 1.30 bits per heavy atom. The molecular weight excluding hydrogens is 268 g/mol. The second-order valence-electron chi connectivity index (χ2n) is 4.65. The second-order valence-corrected chi connectivity index (χ2v) is 4.65. The summed E-state index contributed by atoms with van der Waals surface area (Å²) in [6.45, 7) is 0. The molecule has 0 bridgehead atoms. The first-order valence-electron chi connectivity index (χ1n) is 6.10. The van der Waals surface area contributed by atoms with Gasteiger partial charge in [0.2, 0.25) is 5.91 Å². The Morgan fingerprint density at radius 2 is 2.05 bits per heavy atom. The van der Waals surface area contributed by atoms with Gasteiger partial charge in [-0.1, -0.05) is 18.2 Å². The highest BCUT2D eigenvalue weighted by atomic mass is 19.1. The van der Waals surface area contributed by atoms with Crippen LogP contribution in [-0.2, 0) is 16.0 Å². The Kier molecular flexibility index (Phi) is 4.12. The maximum Gasteiger partial charge on any atom is 0.310 e. The molecule has 0 aromatic heterocycles. The van der Waals surface area contributed by atoms with Crippen molar-refractivity contribution in [1.82, 2.24) is 5.32 Å². The van der Waals surface area contributed by atoms with Crippen molar-refractivity contribution in [3.05, 3.63) is 47.5 Å². The third-order valence-corrected chi connectivity index (χ3v) is 3.11. The molecule has 20 heavy (non-hydrogen) atoms. The highest BCUT2D eigenvalue weighted by Gasteiger charge is 2.25. The minimum absolute atomic E-state index is 0.0978. The van der Waals surface area contributed by atoms with Gasteiger partial charge in [-0.05, 0) is 18.1 Å². The van der Waals surface area contributed by atoms with E-state index in [0.29, 0.717) is 0 Å². The van der Waals surface area contributed by atoms with E-state index >= 15 is 0 Å². The van der Waals surface area contributed by atoms with Crippen molar-refractivity contribution >= 4 is 11.9 Å². The normalized spacial score (nSPS) is 20.9. The molecule has 2 unspecified atom stereocenters. The van der Waals surface area contributed by atoms with Crippen molar-refractivity contribution in [2.45, 2.75) is 18.9 Å². The van der Waals surface area contributed by atoms with E-state index in [1.54, 1.807) is 6.08 Å². The first kappa shape index (κ1) is 14.2. The number of carboxylic acids is 1. The van der Waals surface area contributed by atoms with Crippen LogP contribution in [0.15, 0.2) is 30.4 Å². The topological polar surface area (TPSA) is 66.4 Å². The summed E-state index contributed by atoms with van der Waals surface area (Å²) in [5.74, 6) is -3.46. The van der Waals surface area contributed by atoms with Crippen LogP contribution in [0, 0.1) is 17.6 Å². The van der Waals surface area contributed by atoms with Crippen molar-refractivity contribution in [3.8, 4) is 0 Å². The number of rotatable bonds is 4. The molecule has 0 saturated heterocycles. The molecular formula is C14H13F2NO3. The third-order valence-electron chi connectivity index (χ3n) is 3.11. The molecule has 0 heterocycles. The zero-order valence-corrected chi connectivity index (χ0v) is 10.5. The molecule has 0 fully saturated rings. The lowest BCUT2D eigenvalue weighted by Gasteiger charge is -2.12. The molecule has 0 spiro atoms. The van der Waals surface area contributed by atoms with Gasteiger partial charge in [0.15, 0.2) is 0 Å². The van der Waals surface area contributed by atoms with Gasteiger partial charge in [-0.15, -0.1) is 0 Å². The summed E-state index contributed by atoms with van der Waals surface area (Å²) in [4.78, 5) is 22.5. The van der Waals surface area contributed by atoms with E-state index in [2.05, 4.69) is 5.32 Å². The number of carboxylic acid groups (broad SMARTS) is 1. The van der Waals surface area contributed by atoms with E-state index in [9.17, 15) is 18.4 Å². The van der Waals surface area contributed by atoms with E-state index in [0.717, 1.165) is 12.1 Å². The Morgan fingerprint density at radius 3 is 2.65 bits per heavy atom. The predicted octanol–water partition coefficient (Wildman–Crippen LogP) is 1.65. The zero-order chi connectivity index (χ0) is 14.7. The summed E-state index contributed by atoms with van der Waals surface area (Å²) in [5, 5.41) is 11.4. The molecule has 6 heteroatoms. The number of carbonyl (C=O) groups excluding carboxylic acids is 1. The number of carbonyl (C=O) groups is 2. The van der Waals surface area contributed by atoms with Crippen LogP contribution in [0.4, 0.5) is 8.78 Å². The van der Waals surface area contributed by atoms with Crippen molar-refractivity contribution in [3.63, 3.8) is 0 Å². The molecule has 1 aliphatic carbocycles. The molecule has 2 N–H and O–H groups in total. The maximum absolute atomic E-state index is 13.4. The van der Waals surface area contributed by atoms with Gasteiger partial charge in [-0.25, -0.2) is 8.78 Å². The lowest BCUT2D eigenvalue weighted by atomic mass is 10.1. The quantitative estimate of drug-likeness (QED) is 0.825. The molecule has 1 aromatic rings. The lowest BCUT2D eigenvalue weighted by molar-refractivity contribution is -0.140. The van der Waals surface area contributed by atoms with Gasteiger partial charge < -0.3 is 10.4 Å². The maximum atomic E-state index is 13.4. The number of nitrogens with one attached hydrogen (secondary N) is 1. The van der Waals surface area contributed by atoms with Crippen molar-refractivity contribution < 1.29 is 23.5 Å². The lowest BCUT2D eigenvalue weighted by Crippen LogP contribution is -2.34. The van der Waals surface area contributed by atoms with E-state index in [-0.39, 0.29) is 24.4 Å². The number of hydrogen-bond acceptors (Lipinski definition) is 2. The SMILES string of the molecule is O=C(Cc1ccc(F)cc1F)NC1C=CC(C(=O)O)C1. The van der Waals surface area contributed by atoms with Crippen molar-refractivity contribution in [2.24, 2.45) is 5.92 Å². The Labute approximate surface area is 114 Å². The monoisotopic (exact) mass is 281 g/mol. The van der Waals surface area contributed by atoms with Crippen LogP contribution in [-0.4, -0.2) is 23.0 Å². The molecule has 106 valence electrons. The Bertz CT molecular complexity index is 572. The van der Waals surface area contributed by atoms with Gasteiger partial charge in [0.05, 0.1) is 12.3 Å². The molecule has 1 amide bonds. The third kappa shape index (κ3) is 3.40. The summed E-state index contributed by atoms with van der Waals surface area (Å²) in [7, 11) is 0. The molecule has 1 aliphatic rings. The fourth-order valence-corrected chi connectivity index (χ4v) is 2.08. The smallest absolute Gasteiger partial charge is 0.310 e. The minimum atomic E-state index is -0.942. The number of benzene rings is 1. The van der Waals surface area contributed by atoms with Gasteiger partial charge in [-0.3, -0.25) is 9.59 Å². The van der Waals surface area contributed by atoms with Gasteiger partial charge in [0.1, 0.15) is 11.6 Å². The van der Waals surface area contributed by atoms with Crippen LogP contribution in [0.1, 0.15) is 12.0 Å². The molecule has 4 nitrogen and oxygen atoms in total. The second kappa shape index (κ2) is 5.81. The van der Waals surface area contributed by atoms with Gasteiger partial charge in [0, 0.05) is 12.1 Å². The van der Waals surface area contributed by atoms with Gasteiger partial charge >= 0.3 is 5.97 Å². The minimum Gasteiger partial charge on any atom is -0.481 e. The van der Waals surface area contributed by atoms with Gasteiger partial charge in [-0.2, -0.15) is 0 Å². The first-order valence-corrected chi connectivity index (χ1v) is 6.10. The molecule has 0 radical (unpaired) electrons. The van der Waals surface area contributed by atoms with Crippen molar-refractivity contribution in [1.29, 1.82) is 0 Å². The molecule has 2 rings (SSSR count). The fraction of sp³-hybridized carbons (Fsp3) is 0.286. The first-order chi connectivity index (χ1) is 9.45. The average molecular weight is 281 g/mol. The summed E-state index contributed by atoms with van der Waals surface area (Å²) < 4.78 is 26.1. The average Bonchev–Trinajstić information content (AvgIpc) is 2.81. The largest absolute Gasteiger partial charge is 0.481 e. The molecule has 2 atom stereocenters. The predicted molar refractivity (Wildman–Crippen MR) is 66.9 cm³/mol. The van der Waals surface area contributed by atoms with Crippen molar-refractivity contribution in [2.75, 3.05) is 0 Å². The summed E-state index contributed by atoms with van der Waals surface area (Å²) in [6, 6.07) is 2.65. The zero-order valence-electron chi connectivity index (χ0n) is 10.5. The van der Waals surface area contributed by atoms with Crippen LogP contribution in [0.2, 0.25) is 0 Å². The fourth-order valence-electron chi connectivity index (χ4n) is 2.08. The van der Waals surface area contributed by atoms with Crippen LogP contribution in [0.25, 0.3) is 0 Å². The number of amides is 1. The summed E-state index contributed by atoms with van der Waals surface area (Å²) >= 11 is 0. The molecule has 1 aromatic carbocycles. The number of halogens is 2. The van der Waals surface area contributed by atoms with Crippen LogP contribution in [0.5, 0.6) is 0 Å². The highest BCUT2D eigenvalue weighted by molar-refractivity contribution is 5.79. The van der Waals surface area contributed by atoms with E-state index in [4.69, 9.17) is 5.11 Å². The summed E-state index contributed by atoms with van der Waals surface area (Å²) in [6.07, 6.45) is 3.20. The van der Waals surface area contributed by atoms with Crippen LogP contribution < -0.4 is 5.32 Å². The summed E-state index contributed by atoms with van der Waals surface area (Å²) in [5.41, 5.74) is 0.0978. The van der Waals surface area contributed by atoms with Gasteiger partial charge in [0.25, 0.3) is 0 Å². The van der Waals surface area contributed by atoms with E-state index in [1.165, 1.54) is 12.1 Å². The number of hydrogen-bond donors (Lipinski definition) is 2.